The average Bonchev–Trinajstić information content (AvgIpc) is 3.21. The van der Waals surface area contributed by atoms with Crippen LogP contribution in [0.2, 0.25) is 0 Å². The Hall–Kier alpha value is -3.36. The summed E-state index contributed by atoms with van der Waals surface area (Å²) in [5.41, 5.74) is 2.48. The third kappa shape index (κ3) is 6.12. The molecule has 0 saturated carbocycles. The summed E-state index contributed by atoms with van der Waals surface area (Å²) in [6, 6.07) is 22.7. The van der Waals surface area contributed by atoms with Crippen LogP contribution in [0.1, 0.15) is 12.5 Å². The highest BCUT2D eigenvalue weighted by Crippen LogP contribution is 2.31. The van der Waals surface area contributed by atoms with Crippen molar-refractivity contribution in [3.63, 3.8) is 0 Å². The molecule has 4 rings (SSSR count). The summed E-state index contributed by atoms with van der Waals surface area (Å²) in [5, 5.41) is 6.03. The van der Waals surface area contributed by atoms with Gasteiger partial charge in [-0.15, -0.1) is 11.8 Å². The maximum absolute atomic E-state index is 12.7. The summed E-state index contributed by atoms with van der Waals surface area (Å²) in [5.74, 6) is 0.537. The molecule has 4 aromatic rings. The van der Waals surface area contributed by atoms with Gasteiger partial charge in [0, 0.05) is 10.6 Å². The van der Waals surface area contributed by atoms with Gasteiger partial charge in [0.2, 0.25) is 11.8 Å². The molecule has 8 heteroatoms. The zero-order valence-electron chi connectivity index (χ0n) is 18.2. The molecule has 3 aromatic carbocycles. The van der Waals surface area contributed by atoms with Gasteiger partial charge in [-0.2, -0.15) is 0 Å². The molecule has 1 heterocycles. The monoisotopic (exact) mass is 477 g/mol. The standard InChI is InChI=1S/C25H23N3O3S2/c1-16(24(30)28-25-27-21-12-11-19(31-2)15-22(21)33-25)32-20-10-6-9-18(14-20)26-23(29)13-17-7-4-3-5-8-17/h3-12,14-16H,13H2,1-2H3,(H,26,29)(H,27,28,30). The number of carbonyl (C=O) groups excluding carboxylic acids is 2. The molecule has 33 heavy (non-hydrogen) atoms. The molecular formula is C25H23N3O3S2. The SMILES string of the molecule is COc1ccc2nc(NC(=O)C(C)Sc3cccc(NC(=O)Cc4ccccc4)c3)sc2c1. The molecule has 0 saturated heterocycles. The lowest BCUT2D eigenvalue weighted by atomic mass is 10.1. The van der Waals surface area contributed by atoms with Crippen LogP contribution in [0.15, 0.2) is 77.7 Å². The molecule has 168 valence electrons. The minimum absolute atomic E-state index is 0.0818. The predicted octanol–water partition coefficient (Wildman–Crippen LogP) is 5.61. The lowest BCUT2D eigenvalue weighted by molar-refractivity contribution is -0.116. The van der Waals surface area contributed by atoms with Crippen LogP contribution in [0, 0.1) is 0 Å². The number of nitrogens with one attached hydrogen (secondary N) is 2. The Kier molecular flexibility index (Phi) is 7.26. The second kappa shape index (κ2) is 10.5. The van der Waals surface area contributed by atoms with Crippen LogP contribution in [0.3, 0.4) is 0 Å². The highest BCUT2D eigenvalue weighted by molar-refractivity contribution is 8.00. The van der Waals surface area contributed by atoms with Crippen LogP contribution in [0.5, 0.6) is 5.75 Å². The van der Waals surface area contributed by atoms with Gasteiger partial charge in [-0.3, -0.25) is 9.59 Å². The van der Waals surface area contributed by atoms with E-state index in [-0.39, 0.29) is 17.1 Å². The summed E-state index contributed by atoms with van der Waals surface area (Å²) in [6.07, 6.45) is 0.311. The number of fused-ring (bicyclic) bond motifs is 1. The van der Waals surface area contributed by atoms with E-state index in [0.717, 1.165) is 26.4 Å². The Morgan fingerprint density at radius 2 is 1.85 bits per heavy atom. The van der Waals surface area contributed by atoms with Gasteiger partial charge in [0.05, 0.1) is 29.0 Å². The molecule has 0 spiro atoms. The number of amides is 2. The molecule has 1 unspecified atom stereocenters. The van der Waals surface area contributed by atoms with Crippen molar-refractivity contribution < 1.29 is 14.3 Å². The molecule has 2 amide bonds. The van der Waals surface area contributed by atoms with Crippen molar-refractivity contribution in [2.75, 3.05) is 17.7 Å². The number of hydrogen-bond donors (Lipinski definition) is 2. The van der Waals surface area contributed by atoms with E-state index in [1.54, 1.807) is 7.11 Å². The first-order valence-electron chi connectivity index (χ1n) is 10.4. The summed E-state index contributed by atoms with van der Waals surface area (Å²) in [6.45, 7) is 1.84. The largest absolute Gasteiger partial charge is 0.497 e. The summed E-state index contributed by atoms with van der Waals surface area (Å²) in [7, 11) is 1.62. The van der Waals surface area contributed by atoms with E-state index in [1.807, 2.05) is 79.7 Å². The molecule has 1 atom stereocenters. The molecule has 0 aliphatic rings. The predicted molar refractivity (Wildman–Crippen MR) is 135 cm³/mol. The summed E-state index contributed by atoms with van der Waals surface area (Å²) >= 11 is 2.83. The topological polar surface area (TPSA) is 80.3 Å². The van der Waals surface area contributed by atoms with Crippen LogP contribution in [-0.4, -0.2) is 29.2 Å². The lowest BCUT2D eigenvalue weighted by Crippen LogP contribution is -2.22. The first-order valence-corrected chi connectivity index (χ1v) is 12.1. The molecular weight excluding hydrogens is 454 g/mol. The van der Waals surface area contributed by atoms with E-state index in [0.29, 0.717) is 17.2 Å². The summed E-state index contributed by atoms with van der Waals surface area (Å²) < 4.78 is 6.19. The van der Waals surface area contributed by atoms with Gasteiger partial charge in [0.1, 0.15) is 5.75 Å². The number of anilines is 2. The molecule has 0 fully saturated rings. The Morgan fingerprint density at radius 1 is 1.03 bits per heavy atom. The Morgan fingerprint density at radius 3 is 2.64 bits per heavy atom. The van der Waals surface area contributed by atoms with Crippen molar-refractivity contribution >= 4 is 55.9 Å². The number of nitrogens with zero attached hydrogens (tertiary/aromatic N) is 1. The zero-order valence-corrected chi connectivity index (χ0v) is 19.8. The van der Waals surface area contributed by atoms with E-state index in [1.165, 1.54) is 23.1 Å². The van der Waals surface area contributed by atoms with Gasteiger partial charge >= 0.3 is 0 Å². The minimum Gasteiger partial charge on any atom is -0.497 e. The minimum atomic E-state index is -0.346. The van der Waals surface area contributed by atoms with Crippen LogP contribution in [0.4, 0.5) is 10.8 Å². The molecule has 0 aliphatic carbocycles. The number of methoxy groups -OCH3 is 1. The zero-order chi connectivity index (χ0) is 23.2. The van der Waals surface area contributed by atoms with Gasteiger partial charge in [-0.1, -0.05) is 47.7 Å². The number of thiazole rings is 1. The van der Waals surface area contributed by atoms with Gasteiger partial charge in [-0.25, -0.2) is 4.98 Å². The normalized spacial score (nSPS) is 11.7. The number of ether oxygens (including phenoxy) is 1. The van der Waals surface area contributed by atoms with E-state index in [9.17, 15) is 9.59 Å². The van der Waals surface area contributed by atoms with E-state index in [4.69, 9.17) is 4.74 Å². The third-order valence-electron chi connectivity index (χ3n) is 4.83. The fraction of sp³-hybridized carbons (Fsp3) is 0.160. The molecule has 0 aliphatic heterocycles. The Bertz CT molecular complexity index is 1270. The maximum Gasteiger partial charge on any atom is 0.239 e. The highest BCUT2D eigenvalue weighted by Gasteiger charge is 2.17. The van der Waals surface area contributed by atoms with Gasteiger partial charge in [-0.05, 0) is 48.9 Å². The number of benzene rings is 3. The quantitative estimate of drug-likeness (QED) is 0.323. The smallest absolute Gasteiger partial charge is 0.239 e. The molecule has 2 N–H and O–H groups in total. The van der Waals surface area contributed by atoms with Crippen LogP contribution >= 0.6 is 23.1 Å². The molecule has 6 nitrogen and oxygen atoms in total. The van der Waals surface area contributed by atoms with Crippen LogP contribution in [0.25, 0.3) is 10.2 Å². The van der Waals surface area contributed by atoms with E-state index in [2.05, 4.69) is 15.6 Å². The lowest BCUT2D eigenvalue weighted by Gasteiger charge is -2.12. The number of aromatic nitrogens is 1. The number of carbonyl (C=O) groups is 2. The fourth-order valence-corrected chi connectivity index (χ4v) is 5.01. The van der Waals surface area contributed by atoms with Crippen molar-refractivity contribution in [1.82, 2.24) is 4.98 Å². The van der Waals surface area contributed by atoms with Crippen molar-refractivity contribution in [1.29, 1.82) is 0 Å². The first-order chi connectivity index (χ1) is 16.0. The fourth-order valence-electron chi connectivity index (χ4n) is 3.18. The second-order valence-corrected chi connectivity index (χ2v) is 9.79. The van der Waals surface area contributed by atoms with Gasteiger partial charge in [0.15, 0.2) is 5.13 Å². The van der Waals surface area contributed by atoms with Crippen molar-refractivity contribution in [3.05, 3.63) is 78.4 Å². The van der Waals surface area contributed by atoms with Crippen molar-refractivity contribution in [2.24, 2.45) is 0 Å². The number of thioether (sulfide) groups is 1. The highest BCUT2D eigenvalue weighted by atomic mass is 32.2. The number of rotatable bonds is 8. The van der Waals surface area contributed by atoms with E-state index >= 15 is 0 Å². The van der Waals surface area contributed by atoms with Crippen LogP contribution in [-0.2, 0) is 16.0 Å². The van der Waals surface area contributed by atoms with Crippen LogP contribution < -0.4 is 15.4 Å². The average molecular weight is 478 g/mol. The van der Waals surface area contributed by atoms with Crippen molar-refractivity contribution in [3.8, 4) is 5.75 Å². The Balaban J connectivity index is 1.35. The Labute approximate surface area is 200 Å². The maximum atomic E-state index is 12.7. The molecule has 1 aromatic heterocycles. The molecule has 0 radical (unpaired) electrons. The number of hydrogen-bond acceptors (Lipinski definition) is 6. The summed E-state index contributed by atoms with van der Waals surface area (Å²) in [4.78, 5) is 30.4. The van der Waals surface area contributed by atoms with E-state index < -0.39 is 0 Å². The second-order valence-electron chi connectivity index (χ2n) is 7.34. The van der Waals surface area contributed by atoms with Crippen molar-refractivity contribution in [2.45, 2.75) is 23.5 Å². The van der Waals surface area contributed by atoms with Gasteiger partial charge < -0.3 is 15.4 Å². The molecule has 0 bridgehead atoms. The van der Waals surface area contributed by atoms with Gasteiger partial charge in [0.25, 0.3) is 0 Å². The third-order valence-corrected chi connectivity index (χ3v) is 6.86. The first kappa shape index (κ1) is 22.8.